The Labute approximate surface area is 165 Å². The predicted octanol–water partition coefficient (Wildman–Crippen LogP) is 3.22. The maximum Gasteiger partial charge on any atom is 0.209 e. The first-order valence-electron chi connectivity index (χ1n) is 9.04. The van der Waals surface area contributed by atoms with Crippen LogP contribution in [0.2, 0.25) is 0 Å². The molecule has 2 aromatic carbocycles. The predicted molar refractivity (Wildman–Crippen MR) is 112 cm³/mol. The average molecular weight is 380 g/mol. The van der Waals surface area contributed by atoms with Gasteiger partial charge in [0.2, 0.25) is 5.43 Å². The van der Waals surface area contributed by atoms with Gasteiger partial charge in [-0.15, -0.1) is 0 Å². The van der Waals surface area contributed by atoms with Crippen molar-refractivity contribution in [2.75, 3.05) is 5.73 Å². The van der Waals surface area contributed by atoms with Crippen molar-refractivity contribution < 1.29 is 0 Å². The Kier molecular flexibility index (Phi) is 3.91. The van der Waals surface area contributed by atoms with E-state index in [2.05, 4.69) is 15.2 Å². The fourth-order valence-corrected chi connectivity index (χ4v) is 3.36. The standard InChI is InChI=1S/C22H16N6O/c23-16-4-2-5-17(13-16)27-12-9-21(29)22(26-27)20-8-11-25-28(20)19-6-1-3-15-14-24-10-7-18(15)19/h1-14H,23H2. The van der Waals surface area contributed by atoms with Crippen LogP contribution in [0.5, 0.6) is 0 Å². The lowest BCUT2D eigenvalue weighted by molar-refractivity contribution is 0.824. The number of benzene rings is 2. The van der Waals surface area contributed by atoms with Crippen LogP contribution < -0.4 is 11.2 Å². The number of aromatic nitrogens is 5. The van der Waals surface area contributed by atoms with Crippen molar-refractivity contribution in [1.29, 1.82) is 0 Å². The van der Waals surface area contributed by atoms with Gasteiger partial charge in [-0.05, 0) is 36.4 Å². The van der Waals surface area contributed by atoms with E-state index in [1.165, 1.54) is 6.07 Å². The molecule has 5 rings (SSSR count). The van der Waals surface area contributed by atoms with Crippen molar-refractivity contribution >= 4 is 16.5 Å². The lowest BCUT2D eigenvalue weighted by Crippen LogP contribution is -2.15. The van der Waals surface area contributed by atoms with E-state index in [1.807, 2.05) is 36.4 Å². The van der Waals surface area contributed by atoms with Gasteiger partial charge in [0.1, 0.15) is 0 Å². The molecule has 0 saturated heterocycles. The Hall–Kier alpha value is -4.26. The minimum Gasteiger partial charge on any atom is -0.399 e. The van der Waals surface area contributed by atoms with Gasteiger partial charge in [0.15, 0.2) is 5.69 Å². The number of pyridine rings is 1. The van der Waals surface area contributed by atoms with Crippen LogP contribution in [0.15, 0.2) is 90.2 Å². The molecule has 3 heterocycles. The Bertz CT molecular complexity index is 1400. The third-order valence-electron chi connectivity index (χ3n) is 4.71. The first kappa shape index (κ1) is 16.9. The van der Waals surface area contributed by atoms with E-state index in [4.69, 9.17) is 5.73 Å². The molecule has 0 saturated carbocycles. The second-order valence-electron chi connectivity index (χ2n) is 6.57. The molecule has 0 fully saturated rings. The fourth-order valence-electron chi connectivity index (χ4n) is 3.36. The molecule has 7 heteroatoms. The third-order valence-corrected chi connectivity index (χ3v) is 4.71. The number of rotatable bonds is 3. The Balaban J connectivity index is 1.70. The SMILES string of the molecule is Nc1cccc(-n2ccc(=O)c(-c3ccnn3-c3cccc4cnccc34)n2)c1. The highest BCUT2D eigenvalue weighted by molar-refractivity contribution is 5.89. The number of nitrogens with zero attached hydrogens (tertiary/aromatic N) is 5. The fraction of sp³-hybridized carbons (Fsp3) is 0. The molecule has 3 aromatic heterocycles. The van der Waals surface area contributed by atoms with Crippen LogP contribution >= 0.6 is 0 Å². The zero-order valence-electron chi connectivity index (χ0n) is 15.3. The Morgan fingerprint density at radius 1 is 0.931 bits per heavy atom. The Morgan fingerprint density at radius 3 is 2.72 bits per heavy atom. The molecule has 0 unspecified atom stereocenters. The molecule has 0 spiro atoms. The molecule has 0 aliphatic heterocycles. The van der Waals surface area contributed by atoms with Gasteiger partial charge < -0.3 is 5.73 Å². The van der Waals surface area contributed by atoms with Gasteiger partial charge in [-0.3, -0.25) is 9.78 Å². The summed E-state index contributed by atoms with van der Waals surface area (Å²) < 4.78 is 3.37. The van der Waals surface area contributed by atoms with E-state index in [9.17, 15) is 4.79 Å². The summed E-state index contributed by atoms with van der Waals surface area (Å²) in [4.78, 5) is 16.8. The molecular formula is C22H16N6O. The van der Waals surface area contributed by atoms with Crippen molar-refractivity contribution in [3.63, 3.8) is 0 Å². The van der Waals surface area contributed by atoms with Gasteiger partial charge in [-0.1, -0.05) is 18.2 Å². The van der Waals surface area contributed by atoms with E-state index < -0.39 is 0 Å². The highest BCUT2D eigenvalue weighted by Gasteiger charge is 2.15. The van der Waals surface area contributed by atoms with Gasteiger partial charge in [-0.2, -0.15) is 10.2 Å². The maximum atomic E-state index is 12.7. The van der Waals surface area contributed by atoms with Gasteiger partial charge in [-0.25, -0.2) is 9.36 Å². The zero-order valence-corrected chi connectivity index (χ0v) is 15.3. The summed E-state index contributed by atoms with van der Waals surface area (Å²) in [5.74, 6) is 0. The zero-order chi connectivity index (χ0) is 19.8. The molecular weight excluding hydrogens is 364 g/mol. The molecule has 0 atom stereocenters. The summed E-state index contributed by atoms with van der Waals surface area (Å²) in [6.45, 7) is 0. The molecule has 140 valence electrons. The second kappa shape index (κ2) is 6.72. The van der Waals surface area contributed by atoms with Crippen molar-refractivity contribution in [1.82, 2.24) is 24.5 Å². The molecule has 29 heavy (non-hydrogen) atoms. The molecule has 2 N–H and O–H groups in total. The van der Waals surface area contributed by atoms with Crippen molar-refractivity contribution in [2.45, 2.75) is 0 Å². The minimum atomic E-state index is -0.186. The summed E-state index contributed by atoms with van der Waals surface area (Å²) in [5, 5.41) is 11.0. The monoisotopic (exact) mass is 380 g/mol. The van der Waals surface area contributed by atoms with Crippen LogP contribution in [0.1, 0.15) is 0 Å². The van der Waals surface area contributed by atoms with E-state index in [-0.39, 0.29) is 5.43 Å². The molecule has 0 aliphatic carbocycles. The normalized spacial score (nSPS) is 11.0. The van der Waals surface area contributed by atoms with Crippen LogP contribution in [0, 0.1) is 0 Å². The van der Waals surface area contributed by atoms with E-state index in [0.29, 0.717) is 17.1 Å². The van der Waals surface area contributed by atoms with Gasteiger partial charge >= 0.3 is 0 Å². The van der Waals surface area contributed by atoms with E-state index in [1.54, 1.807) is 52.4 Å². The highest BCUT2D eigenvalue weighted by atomic mass is 16.1. The number of anilines is 1. The maximum absolute atomic E-state index is 12.7. The number of nitrogen functional groups attached to an aromatic ring is 1. The van der Waals surface area contributed by atoms with E-state index in [0.717, 1.165) is 22.1 Å². The molecule has 7 nitrogen and oxygen atoms in total. The number of hydrogen-bond donors (Lipinski definition) is 1. The van der Waals surface area contributed by atoms with Gasteiger partial charge in [0.25, 0.3) is 0 Å². The number of hydrogen-bond acceptors (Lipinski definition) is 5. The second-order valence-corrected chi connectivity index (χ2v) is 6.57. The summed E-state index contributed by atoms with van der Waals surface area (Å²) in [5.41, 5.74) is 8.86. The lowest BCUT2D eigenvalue weighted by Gasteiger charge is -2.11. The molecule has 0 bridgehead atoms. The van der Waals surface area contributed by atoms with Crippen LogP contribution in [-0.2, 0) is 0 Å². The van der Waals surface area contributed by atoms with Gasteiger partial charge in [0, 0.05) is 41.1 Å². The third kappa shape index (κ3) is 2.94. The smallest absolute Gasteiger partial charge is 0.209 e. The molecule has 0 radical (unpaired) electrons. The summed E-state index contributed by atoms with van der Waals surface area (Å²) >= 11 is 0. The number of fused-ring (bicyclic) bond motifs is 1. The summed E-state index contributed by atoms with van der Waals surface area (Å²) in [6, 6.07) is 18.4. The van der Waals surface area contributed by atoms with Gasteiger partial charge in [0.05, 0.1) is 23.3 Å². The van der Waals surface area contributed by atoms with Crippen LogP contribution in [0.25, 0.3) is 33.5 Å². The van der Waals surface area contributed by atoms with Crippen LogP contribution in [-0.4, -0.2) is 24.5 Å². The summed E-state index contributed by atoms with van der Waals surface area (Å²) in [7, 11) is 0. The molecule has 5 aromatic rings. The topological polar surface area (TPSA) is 91.6 Å². The summed E-state index contributed by atoms with van der Waals surface area (Å²) in [6.07, 6.45) is 6.83. The highest BCUT2D eigenvalue weighted by Crippen LogP contribution is 2.25. The first-order chi connectivity index (χ1) is 14.2. The van der Waals surface area contributed by atoms with Crippen LogP contribution in [0.4, 0.5) is 5.69 Å². The quantitative estimate of drug-likeness (QED) is 0.485. The average Bonchev–Trinajstić information content (AvgIpc) is 3.23. The van der Waals surface area contributed by atoms with Crippen LogP contribution in [0.3, 0.4) is 0 Å². The molecule has 0 amide bonds. The number of nitrogens with two attached hydrogens (primary N) is 1. The Morgan fingerprint density at radius 2 is 1.83 bits per heavy atom. The molecule has 0 aliphatic rings. The minimum absolute atomic E-state index is 0.186. The lowest BCUT2D eigenvalue weighted by atomic mass is 10.1. The van der Waals surface area contributed by atoms with Crippen molar-refractivity contribution in [2.24, 2.45) is 0 Å². The van der Waals surface area contributed by atoms with E-state index >= 15 is 0 Å². The first-order valence-corrected chi connectivity index (χ1v) is 9.04. The largest absolute Gasteiger partial charge is 0.399 e. The van der Waals surface area contributed by atoms with Crippen molar-refractivity contribution in [3.8, 4) is 22.8 Å². The van der Waals surface area contributed by atoms with Crippen molar-refractivity contribution in [3.05, 3.63) is 95.7 Å².